The number of hydrogen-bond acceptors (Lipinski definition) is 7. The summed E-state index contributed by atoms with van der Waals surface area (Å²) in [6.07, 6.45) is 2.60. The summed E-state index contributed by atoms with van der Waals surface area (Å²) in [4.78, 5) is 38.5. The number of carbonyl (C=O) groups excluding carboxylic acids is 3. The SMILES string of the molecule is COC(=O)c1ccc(/C=N\NC(=O)C2CCN(C(=O)c3cc(OC)cc(OC)c3)CC2)cc1. The first-order chi connectivity index (χ1) is 15.9. The Hall–Kier alpha value is -3.88. The van der Waals surface area contributed by atoms with E-state index in [4.69, 9.17) is 9.47 Å². The molecule has 1 fully saturated rings. The van der Waals surface area contributed by atoms with Gasteiger partial charge in [-0.2, -0.15) is 5.10 Å². The minimum absolute atomic E-state index is 0.125. The molecule has 1 saturated heterocycles. The Morgan fingerprint density at radius 3 is 2.09 bits per heavy atom. The molecule has 3 rings (SSSR count). The first-order valence-corrected chi connectivity index (χ1v) is 10.5. The van der Waals surface area contributed by atoms with E-state index in [-0.39, 0.29) is 17.7 Å². The lowest BCUT2D eigenvalue weighted by Gasteiger charge is -2.31. The quantitative estimate of drug-likeness (QED) is 0.392. The van der Waals surface area contributed by atoms with Gasteiger partial charge >= 0.3 is 5.97 Å². The molecule has 2 aromatic carbocycles. The van der Waals surface area contributed by atoms with Crippen molar-refractivity contribution in [3.05, 3.63) is 59.2 Å². The van der Waals surface area contributed by atoms with Gasteiger partial charge in [0.05, 0.1) is 33.1 Å². The van der Waals surface area contributed by atoms with Crippen LogP contribution in [0.4, 0.5) is 0 Å². The van der Waals surface area contributed by atoms with E-state index in [9.17, 15) is 14.4 Å². The number of carbonyl (C=O) groups is 3. The molecule has 1 N–H and O–H groups in total. The van der Waals surface area contributed by atoms with E-state index >= 15 is 0 Å². The molecule has 33 heavy (non-hydrogen) atoms. The van der Waals surface area contributed by atoms with Crippen LogP contribution in [0.1, 0.15) is 39.1 Å². The molecule has 0 radical (unpaired) electrons. The van der Waals surface area contributed by atoms with Crippen molar-refractivity contribution in [3.8, 4) is 11.5 Å². The Morgan fingerprint density at radius 1 is 0.939 bits per heavy atom. The van der Waals surface area contributed by atoms with Crippen molar-refractivity contribution < 1.29 is 28.6 Å². The molecule has 0 aliphatic carbocycles. The molecule has 0 unspecified atom stereocenters. The molecule has 2 amide bonds. The number of nitrogens with one attached hydrogen (secondary N) is 1. The first-order valence-electron chi connectivity index (χ1n) is 10.5. The van der Waals surface area contributed by atoms with Crippen molar-refractivity contribution in [2.75, 3.05) is 34.4 Å². The fraction of sp³-hybridized carbons (Fsp3) is 0.333. The van der Waals surface area contributed by atoms with Crippen LogP contribution >= 0.6 is 0 Å². The Labute approximate surface area is 192 Å². The summed E-state index contributed by atoms with van der Waals surface area (Å²) in [5.74, 6) is 0.136. The second-order valence-corrected chi connectivity index (χ2v) is 7.52. The van der Waals surface area contributed by atoms with E-state index in [0.29, 0.717) is 48.6 Å². The number of methoxy groups -OCH3 is 3. The molecule has 1 heterocycles. The van der Waals surface area contributed by atoms with Gasteiger partial charge in [0.15, 0.2) is 0 Å². The molecule has 0 aromatic heterocycles. The standard InChI is InChI=1S/C24H27N3O6/c1-31-20-12-19(13-21(14-20)32-2)23(29)27-10-8-17(9-11-27)22(28)26-25-15-16-4-6-18(7-5-16)24(30)33-3/h4-7,12-15,17H,8-11H2,1-3H3,(H,26,28)/b25-15-. The fourth-order valence-corrected chi connectivity index (χ4v) is 3.54. The topological polar surface area (TPSA) is 107 Å². The Bertz CT molecular complexity index is 1000. The van der Waals surface area contributed by atoms with Crippen LogP contribution in [-0.4, -0.2) is 63.3 Å². The van der Waals surface area contributed by atoms with E-state index in [1.165, 1.54) is 27.5 Å². The van der Waals surface area contributed by atoms with Gasteiger partial charge in [-0.25, -0.2) is 10.2 Å². The molecule has 9 heteroatoms. The van der Waals surface area contributed by atoms with Crippen LogP contribution in [0.3, 0.4) is 0 Å². The van der Waals surface area contributed by atoms with Crippen molar-refractivity contribution in [1.29, 1.82) is 0 Å². The maximum absolute atomic E-state index is 12.9. The van der Waals surface area contributed by atoms with E-state index < -0.39 is 5.97 Å². The van der Waals surface area contributed by atoms with E-state index in [2.05, 4.69) is 15.3 Å². The second-order valence-electron chi connectivity index (χ2n) is 7.52. The zero-order chi connectivity index (χ0) is 23.8. The van der Waals surface area contributed by atoms with Crippen LogP contribution in [0.25, 0.3) is 0 Å². The largest absolute Gasteiger partial charge is 0.497 e. The molecule has 0 saturated carbocycles. The number of rotatable bonds is 7. The van der Waals surface area contributed by atoms with Gasteiger partial charge in [0.2, 0.25) is 5.91 Å². The summed E-state index contributed by atoms with van der Waals surface area (Å²) in [7, 11) is 4.39. The predicted molar refractivity (Wildman–Crippen MR) is 122 cm³/mol. The number of piperidine rings is 1. The summed E-state index contributed by atoms with van der Waals surface area (Å²) >= 11 is 0. The van der Waals surface area contributed by atoms with Gasteiger partial charge in [0, 0.05) is 30.6 Å². The smallest absolute Gasteiger partial charge is 0.337 e. The number of hydrazone groups is 1. The molecule has 0 bridgehead atoms. The molecular weight excluding hydrogens is 426 g/mol. The van der Waals surface area contributed by atoms with Crippen molar-refractivity contribution in [1.82, 2.24) is 10.3 Å². The van der Waals surface area contributed by atoms with Gasteiger partial charge in [0.1, 0.15) is 11.5 Å². The van der Waals surface area contributed by atoms with Gasteiger partial charge in [0.25, 0.3) is 5.91 Å². The molecule has 174 valence electrons. The second kappa shape index (κ2) is 11.1. The lowest BCUT2D eigenvalue weighted by molar-refractivity contribution is -0.126. The Kier molecular flexibility index (Phi) is 8.01. The number of likely N-dealkylation sites (tertiary alicyclic amines) is 1. The van der Waals surface area contributed by atoms with Crippen molar-refractivity contribution >= 4 is 24.0 Å². The highest BCUT2D eigenvalue weighted by molar-refractivity contribution is 5.95. The highest BCUT2D eigenvalue weighted by atomic mass is 16.5. The number of nitrogens with zero attached hydrogens (tertiary/aromatic N) is 2. The summed E-state index contributed by atoms with van der Waals surface area (Å²) in [6.45, 7) is 0.935. The van der Waals surface area contributed by atoms with E-state index in [0.717, 1.165) is 5.56 Å². The minimum atomic E-state index is -0.415. The van der Waals surface area contributed by atoms with E-state index in [1.54, 1.807) is 47.4 Å². The zero-order valence-electron chi connectivity index (χ0n) is 18.9. The monoisotopic (exact) mass is 453 g/mol. The zero-order valence-corrected chi connectivity index (χ0v) is 18.9. The number of benzene rings is 2. The van der Waals surface area contributed by atoms with Crippen LogP contribution in [-0.2, 0) is 9.53 Å². The van der Waals surface area contributed by atoms with Gasteiger partial charge in [-0.15, -0.1) is 0 Å². The van der Waals surface area contributed by atoms with Crippen LogP contribution in [0.2, 0.25) is 0 Å². The normalized spacial score (nSPS) is 14.1. The number of amides is 2. The molecule has 0 spiro atoms. The summed E-state index contributed by atoms with van der Waals surface area (Å²) in [6, 6.07) is 11.7. The number of hydrogen-bond donors (Lipinski definition) is 1. The lowest BCUT2D eigenvalue weighted by atomic mass is 9.95. The summed E-state index contributed by atoms with van der Waals surface area (Å²) in [5.41, 5.74) is 4.21. The lowest BCUT2D eigenvalue weighted by Crippen LogP contribution is -2.42. The number of esters is 1. The van der Waals surface area contributed by atoms with Crippen LogP contribution in [0.15, 0.2) is 47.6 Å². The van der Waals surface area contributed by atoms with Crippen molar-refractivity contribution in [3.63, 3.8) is 0 Å². The molecule has 1 aliphatic rings. The Morgan fingerprint density at radius 2 is 1.55 bits per heavy atom. The van der Waals surface area contributed by atoms with Crippen LogP contribution in [0.5, 0.6) is 11.5 Å². The highest BCUT2D eigenvalue weighted by Crippen LogP contribution is 2.25. The van der Waals surface area contributed by atoms with E-state index in [1.807, 2.05) is 0 Å². The van der Waals surface area contributed by atoms with Crippen molar-refractivity contribution in [2.24, 2.45) is 11.0 Å². The van der Waals surface area contributed by atoms with Gasteiger partial charge in [-0.05, 0) is 42.7 Å². The summed E-state index contributed by atoms with van der Waals surface area (Å²) < 4.78 is 15.1. The third-order valence-corrected chi connectivity index (χ3v) is 5.47. The van der Waals surface area contributed by atoms with Crippen LogP contribution < -0.4 is 14.9 Å². The molecule has 9 nitrogen and oxygen atoms in total. The maximum atomic E-state index is 12.9. The highest BCUT2D eigenvalue weighted by Gasteiger charge is 2.28. The first kappa shape index (κ1) is 23.8. The van der Waals surface area contributed by atoms with Crippen molar-refractivity contribution in [2.45, 2.75) is 12.8 Å². The Balaban J connectivity index is 1.51. The summed E-state index contributed by atoms with van der Waals surface area (Å²) in [5, 5.41) is 4.00. The third-order valence-electron chi connectivity index (χ3n) is 5.47. The molecular formula is C24H27N3O6. The third kappa shape index (κ3) is 6.09. The van der Waals surface area contributed by atoms with Gasteiger partial charge in [-0.1, -0.05) is 12.1 Å². The molecule has 2 aromatic rings. The maximum Gasteiger partial charge on any atom is 0.337 e. The van der Waals surface area contributed by atoms with Gasteiger partial charge < -0.3 is 19.1 Å². The number of ether oxygens (including phenoxy) is 3. The molecule has 1 aliphatic heterocycles. The van der Waals surface area contributed by atoms with Gasteiger partial charge in [-0.3, -0.25) is 9.59 Å². The average molecular weight is 453 g/mol. The minimum Gasteiger partial charge on any atom is -0.497 e. The van der Waals surface area contributed by atoms with Crippen LogP contribution in [0, 0.1) is 5.92 Å². The fourth-order valence-electron chi connectivity index (χ4n) is 3.54. The predicted octanol–water partition coefficient (Wildman–Crippen LogP) is 2.49. The molecule has 0 atom stereocenters. The average Bonchev–Trinajstić information content (AvgIpc) is 2.87.